The fraction of sp³-hybridized carbons (Fsp3) is 0.778. The fourth-order valence-electron chi connectivity index (χ4n) is 5.08. The van der Waals surface area contributed by atoms with Gasteiger partial charge in [0.05, 0.1) is 5.25 Å². The van der Waals surface area contributed by atoms with Crippen LogP contribution in [0, 0.1) is 5.92 Å². The highest BCUT2D eigenvalue weighted by atomic mass is 32.2. The highest BCUT2D eigenvalue weighted by Gasteiger charge is 2.61. The molecule has 1 saturated carbocycles. The van der Waals surface area contributed by atoms with Gasteiger partial charge >= 0.3 is 6.09 Å². The summed E-state index contributed by atoms with van der Waals surface area (Å²) < 4.78 is 32.8. The number of allylic oxidation sites excluding steroid dienone is 1. The topological polar surface area (TPSA) is 151 Å². The van der Waals surface area contributed by atoms with Gasteiger partial charge in [0.25, 0.3) is 5.91 Å². The molecule has 39 heavy (non-hydrogen) atoms. The molecule has 2 aliphatic heterocycles. The molecular formula is C27H44N4O7S. The smallest absolute Gasteiger partial charge is 0.408 e. The molecule has 0 radical (unpaired) electrons. The number of nitrogens with one attached hydrogen (secondary N) is 3. The van der Waals surface area contributed by atoms with E-state index in [1.165, 1.54) is 11.8 Å². The summed E-state index contributed by atoms with van der Waals surface area (Å²) in [7, 11) is -3.90. The largest absolute Gasteiger partial charge is 0.444 e. The van der Waals surface area contributed by atoms with Gasteiger partial charge in [0.15, 0.2) is 0 Å². The van der Waals surface area contributed by atoms with Crippen molar-refractivity contribution in [3.63, 3.8) is 0 Å². The Morgan fingerprint density at radius 2 is 1.90 bits per heavy atom. The lowest BCUT2D eigenvalue weighted by Crippen LogP contribution is -2.58. The Hall–Kier alpha value is -2.63. The van der Waals surface area contributed by atoms with Crippen LogP contribution in [-0.2, 0) is 29.1 Å². The summed E-state index contributed by atoms with van der Waals surface area (Å²) >= 11 is 0. The first-order chi connectivity index (χ1) is 18.2. The van der Waals surface area contributed by atoms with E-state index in [2.05, 4.69) is 15.4 Å². The van der Waals surface area contributed by atoms with E-state index in [0.29, 0.717) is 38.6 Å². The first kappa shape index (κ1) is 30.9. The molecule has 1 aliphatic carbocycles. The Bertz CT molecular complexity index is 1080. The minimum atomic E-state index is -3.90. The van der Waals surface area contributed by atoms with Crippen LogP contribution in [0.5, 0.6) is 0 Å². The van der Waals surface area contributed by atoms with Crippen LogP contribution in [0.4, 0.5) is 4.79 Å². The van der Waals surface area contributed by atoms with Crippen LogP contribution < -0.4 is 15.4 Å². The Morgan fingerprint density at radius 1 is 1.18 bits per heavy atom. The van der Waals surface area contributed by atoms with Gasteiger partial charge in [-0.2, -0.15) is 0 Å². The lowest BCUT2D eigenvalue weighted by Gasteiger charge is -2.30. The normalized spacial score (nSPS) is 30.0. The molecule has 0 spiro atoms. The SMILES string of the molecule is CCC(C)S(=O)(=O)NC(=O)[C@@]12C[C@H]1/C=C\CCCCC[C@H](NC(=O)OC(C)(C)C)C(=O)N1CCC[C@H]1C(=O)N2. The third-order valence-electron chi connectivity index (χ3n) is 7.67. The van der Waals surface area contributed by atoms with E-state index in [1.54, 1.807) is 27.7 Å². The minimum Gasteiger partial charge on any atom is -0.444 e. The van der Waals surface area contributed by atoms with E-state index in [0.717, 1.165) is 19.3 Å². The van der Waals surface area contributed by atoms with Crippen molar-refractivity contribution in [1.82, 2.24) is 20.3 Å². The summed E-state index contributed by atoms with van der Waals surface area (Å²) in [6.07, 6.45) is 8.27. The molecule has 1 unspecified atom stereocenters. The second-order valence-electron chi connectivity index (χ2n) is 11.9. The maximum atomic E-state index is 13.6. The van der Waals surface area contributed by atoms with Crippen molar-refractivity contribution in [2.24, 2.45) is 5.92 Å². The average molecular weight is 569 g/mol. The number of fused-ring (bicyclic) bond motifs is 2. The van der Waals surface area contributed by atoms with Gasteiger partial charge in [0.1, 0.15) is 23.2 Å². The number of nitrogens with zero attached hydrogens (tertiary/aromatic N) is 1. The molecule has 5 atom stereocenters. The second-order valence-corrected chi connectivity index (χ2v) is 14.0. The van der Waals surface area contributed by atoms with Gasteiger partial charge in [-0.1, -0.05) is 31.9 Å². The minimum absolute atomic E-state index is 0.278. The zero-order valence-electron chi connectivity index (χ0n) is 23.7. The summed E-state index contributed by atoms with van der Waals surface area (Å²) in [5.74, 6) is -1.96. The van der Waals surface area contributed by atoms with E-state index in [1.807, 2.05) is 12.2 Å². The van der Waals surface area contributed by atoms with Crippen LogP contribution >= 0.6 is 0 Å². The van der Waals surface area contributed by atoms with Crippen molar-refractivity contribution in [1.29, 1.82) is 0 Å². The third-order valence-corrected chi connectivity index (χ3v) is 9.53. The summed E-state index contributed by atoms with van der Waals surface area (Å²) in [4.78, 5) is 54.4. The number of amides is 4. The van der Waals surface area contributed by atoms with E-state index in [9.17, 15) is 27.6 Å². The molecule has 4 amide bonds. The first-order valence-electron chi connectivity index (χ1n) is 14.0. The number of carbonyl (C=O) groups is 4. The molecule has 2 heterocycles. The third kappa shape index (κ3) is 7.73. The molecule has 3 N–H and O–H groups in total. The molecule has 3 rings (SSSR count). The summed E-state index contributed by atoms with van der Waals surface area (Å²) in [5, 5.41) is 4.76. The van der Waals surface area contributed by atoms with Gasteiger partial charge < -0.3 is 20.3 Å². The molecule has 0 aromatic heterocycles. The van der Waals surface area contributed by atoms with Gasteiger partial charge in [-0.3, -0.25) is 19.1 Å². The molecular weight excluding hydrogens is 524 g/mol. The van der Waals surface area contributed by atoms with Crippen LogP contribution in [0.15, 0.2) is 12.2 Å². The van der Waals surface area contributed by atoms with E-state index in [-0.39, 0.29) is 18.2 Å². The van der Waals surface area contributed by atoms with E-state index in [4.69, 9.17) is 4.74 Å². The van der Waals surface area contributed by atoms with Gasteiger partial charge in [0.2, 0.25) is 21.8 Å². The van der Waals surface area contributed by atoms with Crippen molar-refractivity contribution in [2.75, 3.05) is 6.54 Å². The van der Waals surface area contributed by atoms with Crippen molar-refractivity contribution >= 4 is 33.8 Å². The first-order valence-corrected chi connectivity index (χ1v) is 15.6. The van der Waals surface area contributed by atoms with Gasteiger partial charge in [-0.25, -0.2) is 13.2 Å². The molecule has 0 aromatic rings. The highest BCUT2D eigenvalue weighted by molar-refractivity contribution is 7.90. The molecule has 1 saturated heterocycles. The van der Waals surface area contributed by atoms with Crippen LogP contribution in [0.25, 0.3) is 0 Å². The van der Waals surface area contributed by atoms with Crippen molar-refractivity contribution in [3.05, 3.63) is 12.2 Å². The maximum Gasteiger partial charge on any atom is 0.408 e. The summed E-state index contributed by atoms with van der Waals surface area (Å²) in [6.45, 7) is 8.81. The van der Waals surface area contributed by atoms with Crippen LogP contribution in [0.3, 0.4) is 0 Å². The number of carbonyl (C=O) groups excluding carboxylic acids is 4. The number of sulfonamides is 1. The zero-order chi connectivity index (χ0) is 29.0. The summed E-state index contributed by atoms with van der Waals surface area (Å²) in [5.41, 5.74) is -2.12. The predicted octanol–water partition coefficient (Wildman–Crippen LogP) is 2.51. The molecule has 2 fully saturated rings. The number of alkyl carbamates (subject to hydrolysis) is 1. The number of ether oxygens (including phenoxy) is 1. The quantitative estimate of drug-likeness (QED) is 0.431. The molecule has 220 valence electrons. The van der Waals surface area contributed by atoms with Gasteiger partial charge in [-0.05, 0) is 72.6 Å². The van der Waals surface area contributed by atoms with Crippen LogP contribution in [0.2, 0.25) is 0 Å². The Kier molecular flexibility index (Phi) is 9.72. The number of rotatable bonds is 5. The standard InChI is InChI=1S/C27H44N4O7S/c1-6-18(2)39(36,37)30-24(34)27-17-19(27)13-10-8-7-9-11-14-20(28-25(35)38-26(3,4)5)23(33)31-16-12-15-21(31)22(32)29-27/h10,13,18-21H,6-9,11-12,14-17H2,1-5H3,(H,28,35)(H,29,32)(H,30,34)/b13-10-/t18?,19-,20+,21+,27-/m1/s1. The van der Waals surface area contributed by atoms with Gasteiger partial charge in [-0.15, -0.1) is 0 Å². The van der Waals surface area contributed by atoms with E-state index < -0.39 is 56.4 Å². The Balaban J connectivity index is 1.84. The average Bonchev–Trinajstić information content (AvgIpc) is 3.30. The monoisotopic (exact) mass is 568 g/mol. The molecule has 0 aromatic carbocycles. The van der Waals surface area contributed by atoms with E-state index >= 15 is 0 Å². The molecule has 11 nitrogen and oxygen atoms in total. The Morgan fingerprint density at radius 3 is 2.56 bits per heavy atom. The van der Waals surface area contributed by atoms with Crippen molar-refractivity contribution < 1.29 is 32.3 Å². The predicted molar refractivity (Wildman–Crippen MR) is 146 cm³/mol. The van der Waals surface area contributed by atoms with Crippen molar-refractivity contribution in [3.8, 4) is 0 Å². The lowest BCUT2D eigenvalue weighted by atomic mass is 10.0. The number of hydrogen-bond acceptors (Lipinski definition) is 7. The lowest BCUT2D eigenvalue weighted by molar-refractivity contribution is -0.141. The molecule has 12 heteroatoms. The Labute approximate surface area is 231 Å². The second kappa shape index (κ2) is 12.3. The number of hydrogen-bond donors (Lipinski definition) is 3. The van der Waals surface area contributed by atoms with Crippen LogP contribution in [-0.4, -0.2) is 72.2 Å². The highest BCUT2D eigenvalue weighted by Crippen LogP contribution is 2.45. The van der Waals surface area contributed by atoms with Crippen molar-refractivity contribution in [2.45, 2.75) is 121 Å². The zero-order valence-corrected chi connectivity index (χ0v) is 24.6. The van der Waals surface area contributed by atoms with Crippen LogP contribution in [0.1, 0.15) is 92.4 Å². The molecule has 0 bridgehead atoms. The molecule has 3 aliphatic rings. The summed E-state index contributed by atoms with van der Waals surface area (Å²) in [6, 6.07) is -1.67. The maximum absolute atomic E-state index is 13.6. The van der Waals surface area contributed by atoms with Gasteiger partial charge in [0, 0.05) is 12.5 Å². The fourth-order valence-corrected chi connectivity index (χ4v) is 6.16.